The van der Waals surface area contributed by atoms with Crippen molar-refractivity contribution in [2.45, 2.75) is 32.1 Å². The summed E-state index contributed by atoms with van der Waals surface area (Å²) in [6, 6.07) is 12.6. The monoisotopic (exact) mass is 292 g/mol. The van der Waals surface area contributed by atoms with Gasteiger partial charge in [0.25, 0.3) is 0 Å². The molecule has 0 saturated carbocycles. The lowest BCUT2D eigenvalue weighted by Crippen LogP contribution is -1.98. The van der Waals surface area contributed by atoms with Gasteiger partial charge in [-0.2, -0.15) is 0 Å². The van der Waals surface area contributed by atoms with E-state index in [2.05, 4.69) is 13.8 Å². The fourth-order valence-corrected chi connectivity index (χ4v) is 2.34. The first-order valence-electron chi connectivity index (χ1n) is 6.77. The molecule has 0 bridgehead atoms. The molecule has 106 valence electrons. The maximum absolute atomic E-state index is 13.7. The molecule has 0 heterocycles. The van der Waals surface area contributed by atoms with E-state index in [9.17, 15) is 4.39 Å². The lowest BCUT2D eigenvalue weighted by atomic mass is 9.98. The predicted molar refractivity (Wildman–Crippen MR) is 81.2 cm³/mol. The molecule has 0 amide bonds. The van der Waals surface area contributed by atoms with Crippen molar-refractivity contribution >= 4 is 11.6 Å². The van der Waals surface area contributed by atoms with Crippen molar-refractivity contribution in [2.75, 3.05) is 0 Å². The van der Waals surface area contributed by atoms with E-state index in [-0.39, 0.29) is 11.7 Å². The summed E-state index contributed by atoms with van der Waals surface area (Å²) in [5.41, 5.74) is 1.52. The number of hydrogen-bond acceptors (Lipinski definition) is 1. The van der Waals surface area contributed by atoms with Crippen LogP contribution in [0, 0.1) is 5.82 Å². The molecule has 0 fully saturated rings. The van der Waals surface area contributed by atoms with Crippen LogP contribution in [0.3, 0.4) is 0 Å². The minimum Gasteiger partial charge on any atom is -0.457 e. The van der Waals surface area contributed by atoms with Crippen LogP contribution >= 0.6 is 11.6 Å². The Bertz CT molecular complexity index is 583. The van der Waals surface area contributed by atoms with Gasteiger partial charge < -0.3 is 4.74 Å². The molecule has 1 atom stereocenters. The molecule has 0 N–H and O–H groups in total. The van der Waals surface area contributed by atoms with E-state index in [4.69, 9.17) is 16.3 Å². The fraction of sp³-hybridized carbons (Fsp3) is 0.294. The first-order valence-corrected chi connectivity index (χ1v) is 7.31. The van der Waals surface area contributed by atoms with Crippen molar-refractivity contribution < 1.29 is 9.13 Å². The minimum absolute atomic E-state index is 0.0908. The minimum atomic E-state index is -0.335. The highest BCUT2D eigenvalue weighted by Crippen LogP contribution is 2.34. The largest absolute Gasteiger partial charge is 0.457 e. The Morgan fingerprint density at radius 1 is 1.10 bits per heavy atom. The number of hydrogen-bond donors (Lipinski definition) is 0. The van der Waals surface area contributed by atoms with Gasteiger partial charge in [0, 0.05) is 5.56 Å². The number of halogens is 2. The van der Waals surface area contributed by atoms with E-state index in [1.165, 1.54) is 6.07 Å². The molecule has 0 radical (unpaired) electrons. The maximum Gasteiger partial charge on any atom is 0.134 e. The molecule has 2 rings (SSSR count). The van der Waals surface area contributed by atoms with Gasteiger partial charge in [-0.05, 0) is 36.1 Å². The number of rotatable bonds is 5. The van der Waals surface area contributed by atoms with Gasteiger partial charge in [0.1, 0.15) is 17.3 Å². The Labute approximate surface area is 124 Å². The molecule has 1 nitrogen and oxygen atoms in total. The molecule has 0 spiro atoms. The number of benzene rings is 2. The highest BCUT2D eigenvalue weighted by atomic mass is 35.5. The third kappa shape index (κ3) is 3.13. The normalized spacial score (nSPS) is 12.2. The first kappa shape index (κ1) is 14.9. The summed E-state index contributed by atoms with van der Waals surface area (Å²) in [5, 5.41) is 0. The Morgan fingerprint density at radius 2 is 1.80 bits per heavy atom. The lowest BCUT2D eigenvalue weighted by Gasteiger charge is -2.17. The van der Waals surface area contributed by atoms with Gasteiger partial charge in [-0.15, -0.1) is 11.6 Å². The summed E-state index contributed by atoms with van der Waals surface area (Å²) in [6.07, 6.45) is 1.02. The van der Waals surface area contributed by atoms with E-state index in [1.54, 1.807) is 12.1 Å². The van der Waals surface area contributed by atoms with Gasteiger partial charge in [-0.25, -0.2) is 4.39 Å². The molecule has 0 aromatic heterocycles. The van der Waals surface area contributed by atoms with Crippen molar-refractivity contribution in [3.63, 3.8) is 0 Å². The third-order valence-electron chi connectivity index (χ3n) is 3.49. The SMILES string of the molecule is CCC(C)c1ccccc1Oc1cccc(F)c1CCl. The van der Waals surface area contributed by atoms with Crippen LogP contribution in [0.25, 0.3) is 0 Å². The Kier molecular flexibility index (Phi) is 5.02. The van der Waals surface area contributed by atoms with Gasteiger partial charge in [0.2, 0.25) is 0 Å². The van der Waals surface area contributed by atoms with Gasteiger partial charge in [0.05, 0.1) is 5.88 Å². The number of alkyl halides is 1. The molecule has 2 aromatic carbocycles. The summed E-state index contributed by atoms with van der Waals surface area (Å²) >= 11 is 5.81. The molecule has 2 aromatic rings. The summed E-state index contributed by atoms with van der Waals surface area (Å²) < 4.78 is 19.6. The van der Waals surface area contributed by atoms with Crippen molar-refractivity contribution in [1.29, 1.82) is 0 Å². The average molecular weight is 293 g/mol. The van der Waals surface area contributed by atoms with Crippen LogP contribution in [0.2, 0.25) is 0 Å². The standard InChI is InChI=1S/C17H18ClFO/c1-3-12(2)13-7-4-5-9-16(13)20-17-10-6-8-15(19)14(17)11-18/h4-10,12H,3,11H2,1-2H3. The quantitative estimate of drug-likeness (QED) is 0.626. The molecule has 0 aliphatic rings. The third-order valence-corrected chi connectivity index (χ3v) is 3.76. The summed E-state index contributed by atoms with van der Waals surface area (Å²) in [4.78, 5) is 0. The molecule has 0 saturated heterocycles. The van der Waals surface area contributed by atoms with Crippen molar-refractivity contribution in [3.05, 3.63) is 59.4 Å². The molecule has 0 aliphatic heterocycles. The van der Waals surface area contributed by atoms with Crippen LogP contribution in [-0.2, 0) is 5.88 Å². The van der Waals surface area contributed by atoms with Crippen molar-refractivity contribution in [2.24, 2.45) is 0 Å². The second kappa shape index (κ2) is 6.76. The Balaban J connectivity index is 2.38. The van der Waals surface area contributed by atoms with E-state index in [0.717, 1.165) is 17.7 Å². The fourth-order valence-electron chi connectivity index (χ4n) is 2.08. The van der Waals surface area contributed by atoms with E-state index in [0.29, 0.717) is 17.2 Å². The zero-order valence-electron chi connectivity index (χ0n) is 11.7. The lowest BCUT2D eigenvalue weighted by molar-refractivity contribution is 0.459. The van der Waals surface area contributed by atoms with Gasteiger partial charge >= 0.3 is 0 Å². The van der Waals surface area contributed by atoms with Gasteiger partial charge in [-0.3, -0.25) is 0 Å². The Morgan fingerprint density at radius 3 is 2.50 bits per heavy atom. The predicted octanol–water partition coefficient (Wildman–Crippen LogP) is 5.87. The van der Waals surface area contributed by atoms with Crippen molar-refractivity contribution in [3.8, 4) is 11.5 Å². The summed E-state index contributed by atoms with van der Waals surface area (Å²) in [5.74, 6) is 1.39. The second-order valence-electron chi connectivity index (χ2n) is 4.80. The molecular weight excluding hydrogens is 275 g/mol. The van der Waals surface area contributed by atoms with Crippen LogP contribution in [-0.4, -0.2) is 0 Å². The van der Waals surface area contributed by atoms with Crippen LogP contribution in [0.1, 0.15) is 37.3 Å². The molecule has 3 heteroatoms. The average Bonchev–Trinajstić information content (AvgIpc) is 2.47. The zero-order valence-corrected chi connectivity index (χ0v) is 12.5. The van der Waals surface area contributed by atoms with E-state index >= 15 is 0 Å². The number of para-hydroxylation sites is 1. The number of ether oxygens (including phenoxy) is 1. The topological polar surface area (TPSA) is 9.23 Å². The van der Waals surface area contributed by atoms with E-state index in [1.807, 2.05) is 24.3 Å². The zero-order chi connectivity index (χ0) is 14.5. The summed E-state index contributed by atoms with van der Waals surface area (Å²) in [7, 11) is 0. The highest BCUT2D eigenvalue weighted by Gasteiger charge is 2.13. The van der Waals surface area contributed by atoms with Crippen LogP contribution in [0.4, 0.5) is 4.39 Å². The smallest absolute Gasteiger partial charge is 0.134 e. The first-order chi connectivity index (χ1) is 9.67. The molecule has 1 unspecified atom stereocenters. The summed E-state index contributed by atoms with van der Waals surface area (Å²) in [6.45, 7) is 4.28. The maximum atomic E-state index is 13.7. The van der Waals surface area contributed by atoms with Crippen LogP contribution < -0.4 is 4.74 Å². The van der Waals surface area contributed by atoms with Crippen molar-refractivity contribution in [1.82, 2.24) is 0 Å². The van der Waals surface area contributed by atoms with E-state index < -0.39 is 0 Å². The van der Waals surface area contributed by atoms with Gasteiger partial charge in [-0.1, -0.05) is 38.1 Å². The highest BCUT2D eigenvalue weighted by molar-refractivity contribution is 6.17. The molecule has 0 aliphatic carbocycles. The van der Waals surface area contributed by atoms with Crippen LogP contribution in [0.15, 0.2) is 42.5 Å². The second-order valence-corrected chi connectivity index (χ2v) is 5.07. The molecular formula is C17H18ClFO. The van der Waals surface area contributed by atoms with Gasteiger partial charge in [0.15, 0.2) is 0 Å². The van der Waals surface area contributed by atoms with Crippen LogP contribution in [0.5, 0.6) is 11.5 Å². The Hall–Kier alpha value is -1.54. The molecule has 20 heavy (non-hydrogen) atoms.